The average molecular weight is 471 g/mol. The van der Waals surface area contributed by atoms with E-state index in [1.165, 1.54) is 37.4 Å². The summed E-state index contributed by atoms with van der Waals surface area (Å²) < 4.78 is 72.5. The highest BCUT2D eigenvalue weighted by atomic mass is 32.2. The molecule has 1 atom stereocenters. The molecule has 32 heavy (non-hydrogen) atoms. The Morgan fingerprint density at radius 3 is 2.44 bits per heavy atom. The number of alkyl halides is 3. The fourth-order valence-electron chi connectivity index (χ4n) is 3.70. The largest absolute Gasteiger partial charge is 0.495 e. The molecule has 2 aromatic carbocycles. The van der Waals surface area contributed by atoms with Crippen molar-refractivity contribution in [2.24, 2.45) is 0 Å². The van der Waals surface area contributed by atoms with Crippen LogP contribution in [0.1, 0.15) is 60.1 Å². The van der Waals surface area contributed by atoms with Gasteiger partial charge in [-0.2, -0.15) is 13.2 Å². The van der Waals surface area contributed by atoms with Crippen molar-refractivity contribution in [3.05, 3.63) is 59.2 Å². The van der Waals surface area contributed by atoms with Gasteiger partial charge in [0.25, 0.3) is 5.91 Å². The van der Waals surface area contributed by atoms with Crippen LogP contribution in [0.3, 0.4) is 0 Å². The molecule has 1 aliphatic rings. The predicted molar refractivity (Wildman–Crippen MR) is 113 cm³/mol. The van der Waals surface area contributed by atoms with E-state index in [4.69, 9.17) is 4.74 Å². The normalized spacial score (nSPS) is 16.0. The van der Waals surface area contributed by atoms with Crippen LogP contribution in [0.2, 0.25) is 0 Å². The van der Waals surface area contributed by atoms with E-state index >= 15 is 0 Å². The molecule has 0 radical (unpaired) electrons. The summed E-state index contributed by atoms with van der Waals surface area (Å²) in [5.41, 5.74) is -0.485. The van der Waals surface area contributed by atoms with Gasteiger partial charge in [0.15, 0.2) is 0 Å². The number of sulfonamides is 1. The van der Waals surface area contributed by atoms with Gasteiger partial charge < -0.3 is 10.1 Å². The minimum absolute atomic E-state index is 0.0522. The van der Waals surface area contributed by atoms with E-state index in [1.54, 1.807) is 6.92 Å². The summed E-state index contributed by atoms with van der Waals surface area (Å²) in [4.78, 5) is 12.6. The van der Waals surface area contributed by atoms with Crippen LogP contribution in [0.25, 0.3) is 0 Å². The Bertz CT molecular complexity index is 1080. The van der Waals surface area contributed by atoms with Gasteiger partial charge in [-0.3, -0.25) is 4.79 Å². The molecule has 0 heterocycles. The highest BCUT2D eigenvalue weighted by Crippen LogP contribution is 2.31. The fourth-order valence-corrected chi connectivity index (χ4v) is 5.20. The Kier molecular flexibility index (Phi) is 7.14. The molecule has 0 bridgehead atoms. The summed E-state index contributed by atoms with van der Waals surface area (Å²) >= 11 is 0. The smallest absolute Gasteiger partial charge is 0.416 e. The lowest BCUT2D eigenvalue weighted by Gasteiger charge is -2.18. The summed E-state index contributed by atoms with van der Waals surface area (Å²) in [6.45, 7) is 1.55. The summed E-state index contributed by atoms with van der Waals surface area (Å²) in [5.74, 6) is -0.521. The summed E-state index contributed by atoms with van der Waals surface area (Å²) in [7, 11) is -2.59. The van der Waals surface area contributed by atoms with Crippen molar-refractivity contribution in [1.29, 1.82) is 0 Å². The lowest BCUT2D eigenvalue weighted by atomic mass is 10.0. The lowest BCUT2D eigenvalue weighted by Crippen LogP contribution is -2.33. The molecule has 0 aliphatic heterocycles. The van der Waals surface area contributed by atoms with E-state index in [0.29, 0.717) is 0 Å². The third-order valence-corrected chi connectivity index (χ3v) is 7.00. The number of ether oxygens (including phenoxy) is 1. The van der Waals surface area contributed by atoms with Crippen molar-refractivity contribution in [1.82, 2.24) is 10.0 Å². The summed E-state index contributed by atoms with van der Waals surface area (Å²) in [6, 6.07) is 7.78. The molecule has 2 N–H and O–H groups in total. The van der Waals surface area contributed by atoms with Gasteiger partial charge in [-0.15, -0.1) is 0 Å². The lowest BCUT2D eigenvalue weighted by molar-refractivity contribution is -0.137. The molecule has 0 saturated heterocycles. The maximum Gasteiger partial charge on any atom is 0.416 e. The van der Waals surface area contributed by atoms with Gasteiger partial charge in [0.2, 0.25) is 10.0 Å². The maximum absolute atomic E-state index is 13.0. The molecule has 0 spiro atoms. The van der Waals surface area contributed by atoms with E-state index in [9.17, 15) is 26.4 Å². The van der Waals surface area contributed by atoms with Gasteiger partial charge in [0.05, 0.1) is 18.7 Å². The number of nitrogens with one attached hydrogen (secondary N) is 2. The summed E-state index contributed by atoms with van der Waals surface area (Å²) in [5, 5.41) is 2.62. The molecule has 1 fully saturated rings. The molecule has 6 nitrogen and oxygen atoms in total. The van der Waals surface area contributed by atoms with Crippen LogP contribution < -0.4 is 14.8 Å². The highest BCUT2D eigenvalue weighted by molar-refractivity contribution is 7.89. The van der Waals surface area contributed by atoms with Gasteiger partial charge in [-0.1, -0.05) is 25.0 Å². The molecule has 1 aliphatic carbocycles. The molecule has 0 aromatic heterocycles. The molecule has 10 heteroatoms. The van der Waals surface area contributed by atoms with Crippen molar-refractivity contribution in [2.45, 2.75) is 55.8 Å². The van der Waals surface area contributed by atoms with E-state index in [1.807, 2.05) is 0 Å². The molecule has 1 unspecified atom stereocenters. The minimum Gasteiger partial charge on any atom is -0.495 e. The van der Waals surface area contributed by atoms with Gasteiger partial charge in [0, 0.05) is 11.6 Å². The van der Waals surface area contributed by atoms with Gasteiger partial charge >= 0.3 is 6.18 Å². The second-order valence-corrected chi connectivity index (χ2v) is 9.47. The minimum atomic E-state index is -4.49. The number of hydrogen-bond donors (Lipinski definition) is 2. The zero-order valence-corrected chi connectivity index (χ0v) is 18.5. The first kappa shape index (κ1) is 24.1. The monoisotopic (exact) mass is 470 g/mol. The molecule has 174 valence electrons. The SMILES string of the molecule is COc1ccc(C(=O)NC(C)c2cccc(C(F)(F)F)c2)cc1S(=O)(=O)NC1CCCC1. The molecule has 3 rings (SSSR count). The number of rotatable bonds is 7. The predicted octanol–water partition coefficient (Wildman–Crippen LogP) is 4.43. The first-order valence-electron chi connectivity index (χ1n) is 10.2. The Hall–Kier alpha value is -2.59. The van der Waals surface area contributed by atoms with Crippen molar-refractivity contribution < 1.29 is 31.1 Å². The summed E-state index contributed by atoms with van der Waals surface area (Å²) in [6.07, 6.45) is -1.11. The molecule has 1 saturated carbocycles. The Morgan fingerprint density at radius 2 is 1.81 bits per heavy atom. The topological polar surface area (TPSA) is 84.5 Å². The number of hydrogen-bond acceptors (Lipinski definition) is 4. The third-order valence-electron chi connectivity index (χ3n) is 5.45. The Labute approximate surface area is 185 Å². The van der Waals surface area contributed by atoms with Crippen LogP contribution in [0.15, 0.2) is 47.4 Å². The van der Waals surface area contributed by atoms with E-state index in [2.05, 4.69) is 10.0 Å². The van der Waals surface area contributed by atoms with E-state index in [-0.39, 0.29) is 27.8 Å². The van der Waals surface area contributed by atoms with Gasteiger partial charge in [-0.05, 0) is 55.7 Å². The maximum atomic E-state index is 13.0. The number of halogens is 3. The number of amides is 1. The zero-order chi connectivity index (χ0) is 23.5. The number of carbonyl (C=O) groups excluding carboxylic acids is 1. The van der Waals surface area contributed by atoms with Crippen LogP contribution >= 0.6 is 0 Å². The standard InChI is InChI=1S/C22H25F3N2O4S/c1-14(15-6-5-7-17(12-15)22(23,24)25)26-21(28)16-10-11-19(31-2)20(13-16)32(29,30)27-18-8-3-4-9-18/h5-7,10-14,18,27H,3-4,8-9H2,1-2H3,(H,26,28). The average Bonchev–Trinajstić information content (AvgIpc) is 3.25. The molecule has 1 amide bonds. The van der Waals surface area contributed by atoms with Crippen molar-refractivity contribution in [3.63, 3.8) is 0 Å². The number of benzene rings is 2. The van der Waals surface area contributed by atoms with Crippen LogP contribution in [-0.4, -0.2) is 27.5 Å². The van der Waals surface area contributed by atoms with E-state index in [0.717, 1.165) is 37.8 Å². The van der Waals surface area contributed by atoms with Gasteiger partial charge in [0.1, 0.15) is 10.6 Å². The van der Waals surface area contributed by atoms with Crippen molar-refractivity contribution in [3.8, 4) is 5.75 Å². The van der Waals surface area contributed by atoms with Crippen LogP contribution in [0, 0.1) is 0 Å². The van der Waals surface area contributed by atoms with Crippen molar-refractivity contribution in [2.75, 3.05) is 7.11 Å². The Balaban J connectivity index is 1.82. The third kappa shape index (κ3) is 5.60. The van der Waals surface area contributed by atoms with Crippen LogP contribution in [0.4, 0.5) is 13.2 Å². The highest BCUT2D eigenvalue weighted by Gasteiger charge is 2.31. The van der Waals surface area contributed by atoms with Crippen LogP contribution in [-0.2, 0) is 16.2 Å². The number of methoxy groups -OCH3 is 1. The van der Waals surface area contributed by atoms with Crippen molar-refractivity contribution >= 4 is 15.9 Å². The van der Waals surface area contributed by atoms with Crippen LogP contribution in [0.5, 0.6) is 5.75 Å². The van der Waals surface area contributed by atoms with Gasteiger partial charge in [-0.25, -0.2) is 13.1 Å². The second-order valence-electron chi connectivity index (χ2n) is 7.79. The van der Waals surface area contributed by atoms with E-state index < -0.39 is 33.7 Å². The second kappa shape index (κ2) is 9.50. The molecular weight excluding hydrogens is 445 g/mol. The zero-order valence-electron chi connectivity index (χ0n) is 17.7. The first-order chi connectivity index (χ1) is 15.0. The first-order valence-corrected chi connectivity index (χ1v) is 11.7. The molecule has 2 aromatic rings. The molecular formula is C22H25F3N2O4S. The quantitative estimate of drug-likeness (QED) is 0.627. The number of carbonyl (C=O) groups is 1. The fraction of sp³-hybridized carbons (Fsp3) is 0.409. The Morgan fingerprint density at radius 1 is 1.12 bits per heavy atom.